The summed E-state index contributed by atoms with van der Waals surface area (Å²) >= 11 is 0. The van der Waals surface area contributed by atoms with Gasteiger partial charge in [-0.2, -0.15) is 4.39 Å². The van der Waals surface area contributed by atoms with E-state index in [0.717, 1.165) is 0 Å². The van der Waals surface area contributed by atoms with Crippen LogP contribution in [-0.4, -0.2) is 18.3 Å². The summed E-state index contributed by atoms with van der Waals surface area (Å²) in [7, 11) is 1.42. The second kappa shape index (κ2) is 4.17. The fourth-order valence-electron chi connectivity index (χ4n) is 1.03. The van der Waals surface area contributed by atoms with E-state index in [1.807, 2.05) is 0 Å². The van der Waals surface area contributed by atoms with Gasteiger partial charge in [0.05, 0.1) is 13.2 Å². The number of aromatic hydroxyl groups is 1. The van der Waals surface area contributed by atoms with Gasteiger partial charge in [-0.3, -0.25) is 0 Å². The number of hydrogen-bond donors (Lipinski definition) is 1. The Morgan fingerprint density at radius 1 is 1.36 bits per heavy atom. The highest BCUT2D eigenvalue weighted by Gasteiger charge is 2.16. The molecule has 0 fully saturated rings. The Labute approximate surface area is 82.1 Å². The van der Waals surface area contributed by atoms with Gasteiger partial charge in [0.25, 0.3) is 0 Å². The molecule has 3 nitrogen and oxygen atoms in total. The van der Waals surface area contributed by atoms with Crippen molar-refractivity contribution in [1.82, 2.24) is 0 Å². The molecule has 0 amide bonds. The average molecular weight is 200 g/mol. The normalized spacial score (nSPS) is 10.4. The van der Waals surface area contributed by atoms with Crippen molar-refractivity contribution in [2.75, 3.05) is 7.11 Å². The fraction of sp³-hybridized carbons (Fsp3) is 0.400. The lowest BCUT2D eigenvalue weighted by molar-refractivity contribution is 0.216. The molecule has 0 aliphatic rings. The van der Waals surface area contributed by atoms with E-state index in [9.17, 15) is 4.39 Å². The van der Waals surface area contributed by atoms with E-state index in [2.05, 4.69) is 0 Å². The molecule has 0 heterocycles. The van der Waals surface area contributed by atoms with E-state index in [-0.39, 0.29) is 17.6 Å². The Bertz CT molecular complexity index is 323. The lowest BCUT2D eigenvalue weighted by Crippen LogP contribution is -2.08. The highest BCUT2D eigenvalue weighted by Crippen LogP contribution is 2.35. The fourth-order valence-corrected chi connectivity index (χ4v) is 1.03. The number of phenols is 1. The molecule has 0 aliphatic carbocycles. The first-order valence-electron chi connectivity index (χ1n) is 4.28. The summed E-state index contributed by atoms with van der Waals surface area (Å²) in [6.45, 7) is 3.53. The lowest BCUT2D eigenvalue weighted by Gasteiger charge is -2.14. The number of hydrogen-bond acceptors (Lipinski definition) is 3. The first-order valence-corrected chi connectivity index (χ1v) is 4.28. The van der Waals surface area contributed by atoms with E-state index in [4.69, 9.17) is 14.6 Å². The van der Waals surface area contributed by atoms with Gasteiger partial charge in [0, 0.05) is 0 Å². The number of phenolic OH excluding ortho intramolecular Hbond substituents is 1. The van der Waals surface area contributed by atoms with Crippen LogP contribution in [0.2, 0.25) is 0 Å². The Kier molecular flexibility index (Phi) is 3.17. The van der Waals surface area contributed by atoms with Crippen LogP contribution in [0.5, 0.6) is 17.2 Å². The van der Waals surface area contributed by atoms with Gasteiger partial charge in [-0.25, -0.2) is 0 Å². The van der Waals surface area contributed by atoms with Crippen LogP contribution >= 0.6 is 0 Å². The number of ether oxygens (including phenoxy) is 2. The van der Waals surface area contributed by atoms with Crippen LogP contribution in [0.25, 0.3) is 0 Å². The van der Waals surface area contributed by atoms with Crippen molar-refractivity contribution in [3.63, 3.8) is 0 Å². The monoisotopic (exact) mass is 200 g/mol. The predicted octanol–water partition coefficient (Wildman–Crippen LogP) is 2.33. The standard InChI is InChI=1S/C10H13FO3/c1-6(2)14-10-8(13-3)5-4-7(12)9(10)11/h4-6,12H,1-3H3. The first-order chi connectivity index (χ1) is 6.56. The molecule has 0 spiro atoms. The highest BCUT2D eigenvalue weighted by molar-refractivity contribution is 5.46. The molecule has 1 N–H and O–H groups in total. The van der Waals surface area contributed by atoms with E-state index in [1.165, 1.54) is 19.2 Å². The molecule has 1 aromatic rings. The van der Waals surface area contributed by atoms with Crippen LogP contribution in [-0.2, 0) is 0 Å². The molecule has 1 rings (SSSR count). The van der Waals surface area contributed by atoms with Gasteiger partial charge in [-0.15, -0.1) is 0 Å². The largest absolute Gasteiger partial charge is 0.505 e. The zero-order valence-electron chi connectivity index (χ0n) is 8.37. The molecule has 0 saturated heterocycles. The molecular formula is C10H13FO3. The van der Waals surface area contributed by atoms with Crippen molar-refractivity contribution in [3.05, 3.63) is 17.9 Å². The molecule has 0 radical (unpaired) electrons. The summed E-state index contributed by atoms with van der Waals surface area (Å²) in [5.74, 6) is -1.02. The maximum atomic E-state index is 13.4. The van der Waals surface area contributed by atoms with Crippen LogP contribution in [0.15, 0.2) is 12.1 Å². The number of halogens is 1. The summed E-state index contributed by atoms with van der Waals surface area (Å²) in [6.07, 6.45) is -0.180. The third-order valence-corrected chi connectivity index (χ3v) is 1.61. The van der Waals surface area contributed by atoms with Gasteiger partial charge < -0.3 is 14.6 Å². The van der Waals surface area contributed by atoms with E-state index in [0.29, 0.717) is 0 Å². The molecule has 0 aromatic heterocycles. The van der Waals surface area contributed by atoms with Gasteiger partial charge in [0.15, 0.2) is 11.5 Å². The summed E-state index contributed by atoms with van der Waals surface area (Å²) in [6, 6.07) is 2.68. The molecule has 4 heteroatoms. The SMILES string of the molecule is COc1ccc(O)c(F)c1OC(C)C. The minimum absolute atomic E-state index is 0.0532. The zero-order chi connectivity index (χ0) is 10.7. The second-order valence-corrected chi connectivity index (χ2v) is 3.10. The van der Waals surface area contributed by atoms with Gasteiger partial charge in [0.1, 0.15) is 0 Å². The van der Waals surface area contributed by atoms with Gasteiger partial charge in [-0.1, -0.05) is 0 Å². The predicted molar refractivity (Wildman–Crippen MR) is 50.4 cm³/mol. The Morgan fingerprint density at radius 2 is 2.00 bits per heavy atom. The van der Waals surface area contributed by atoms with Crippen molar-refractivity contribution < 1.29 is 19.0 Å². The average Bonchev–Trinajstić information content (AvgIpc) is 2.13. The van der Waals surface area contributed by atoms with Crippen molar-refractivity contribution in [1.29, 1.82) is 0 Å². The number of methoxy groups -OCH3 is 1. The van der Waals surface area contributed by atoms with Crippen molar-refractivity contribution in [2.24, 2.45) is 0 Å². The molecule has 0 bridgehead atoms. The molecule has 78 valence electrons. The second-order valence-electron chi connectivity index (χ2n) is 3.10. The quantitative estimate of drug-likeness (QED) is 0.813. The minimum atomic E-state index is -0.793. The summed E-state index contributed by atoms with van der Waals surface area (Å²) < 4.78 is 23.4. The molecule has 1 aromatic carbocycles. The van der Waals surface area contributed by atoms with Gasteiger partial charge in [-0.05, 0) is 26.0 Å². The smallest absolute Gasteiger partial charge is 0.210 e. The number of benzene rings is 1. The van der Waals surface area contributed by atoms with Crippen LogP contribution in [0.4, 0.5) is 4.39 Å². The third-order valence-electron chi connectivity index (χ3n) is 1.61. The Balaban J connectivity index is 3.14. The van der Waals surface area contributed by atoms with Crippen LogP contribution in [0.1, 0.15) is 13.8 Å². The lowest BCUT2D eigenvalue weighted by atomic mass is 10.3. The van der Waals surface area contributed by atoms with E-state index in [1.54, 1.807) is 13.8 Å². The molecule has 0 unspecified atom stereocenters. The highest BCUT2D eigenvalue weighted by atomic mass is 19.1. The molecule has 0 saturated carbocycles. The zero-order valence-corrected chi connectivity index (χ0v) is 8.37. The van der Waals surface area contributed by atoms with Crippen molar-refractivity contribution in [2.45, 2.75) is 20.0 Å². The minimum Gasteiger partial charge on any atom is -0.505 e. The Hall–Kier alpha value is -1.45. The van der Waals surface area contributed by atoms with E-state index < -0.39 is 11.6 Å². The summed E-state index contributed by atoms with van der Waals surface area (Å²) in [4.78, 5) is 0. The first kappa shape index (κ1) is 10.6. The molecule has 14 heavy (non-hydrogen) atoms. The maximum Gasteiger partial charge on any atom is 0.210 e. The number of rotatable bonds is 3. The van der Waals surface area contributed by atoms with Gasteiger partial charge >= 0.3 is 0 Å². The van der Waals surface area contributed by atoms with Crippen molar-refractivity contribution in [3.8, 4) is 17.2 Å². The topological polar surface area (TPSA) is 38.7 Å². The van der Waals surface area contributed by atoms with Crippen LogP contribution in [0, 0.1) is 5.82 Å². The maximum absolute atomic E-state index is 13.4. The third kappa shape index (κ3) is 2.07. The summed E-state index contributed by atoms with van der Waals surface area (Å²) in [5, 5.41) is 9.12. The van der Waals surface area contributed by atoms with E-state index >= 15 is 0 Å². The summed E-state index contributed by atoms with van der Waals surface area (Å²) in [5.41, 5.74) is 0. The molecular weight excluding hydrogens is 187 g/mol. The molecule has 0 atom stereocenters. The molecule has 0 aliphatic heterocycles. The van der Waals surface area contributed by atoms with Crippen LogP contribution in [0.3, 0.4) is 0 Å². The van der Waals surface area contributed by atoms with Gasteiger partial charge in [0.2, 0.25) is 11.6 Å². The van der Waals surface area contributed by atoms with Crippen LogP contribution < -0.4 is 9.47 Å². The van der Waals surface area contributed by atoms with Crippen molar-refractivity contribution >= 4 is 0 Å². The Morgan fingerprint density at radius 3 is 2.50 bits per heavy atom.